The Morgan fingerprint density at radius 3 is 1.78 bits per heavy atom. The summed E-state index contributed by atoms with van der Waals surface area (Å²) in [5.74, 6) is 0.987. The summed E-state index contributed by atoms with van der Waals surface area (Å²) in [7, 11) is 4.52. The first-order chi connectivity index (χ1) is 17.2. The zero-order valence-corrected chi connectivity index (χ0v) is 24.2. The Kier molecular flexibility index (Phi) is 8.46. The van der Waals surface area contributed by atoms with E-state index in [1.165, 1.54) is 33.2 Å². The number of hydrogen-bond donors (Lipinski definition) is 0. The van der Waals surface area contributed by atoms with Crippen LogP contribution in [-0.4, -0.2) is 35.4 Å². The molecule has 36 heavy (non-hydrogen) atoms. The highest BCUT2D eigenvalue weighted by Crippen LogP contribution is 2.32. The first kappa shape index (κ1) is 26.4. The average Bonchev–Trinajstić information content (AvgIpc) is 2.88. The lowest BCUT2D eigenvalue weighted by Crippen LogP contribution is -2.35. The lowest BCUT2D eigenvalue weighted by Gasteiger charge is -2.25. The normalized spacial score (nSPS) is 12.1. The van der Waals surface area contributed by atoms with Crippen molar-refractivity contribution in [1.82, 2.24) is 4.48 Å². The molecule has 0 saturated heterocycles. The van der Waals surface area contributed by atoms with Gasteiger partial charge in [-0.1, -0.05) is 110 Å². The molecule has 0 heterocycles. The van der Waals surface area contributed by atoms with E-state index in [4.69, 9.17) is 4.74 Å². The van der Waals surface area contributed by atoms with Gasteiger partial charge in [0.05, 0.1) is 35.4 Å². The summed E-state index contributed by atoms with van der Waals surface area (Å²) in [5, 5.41) is 4.20. The van der Waals surface area contributed by atoms with Crippen LogP contribution in [0.3, 0.4) is 0 Å². The van der Waals surface area contributed by atoms with Crippen LogP contribution in [0.5, 0.6) is 5.75 Å². The number of aryl methyl sites for hydroxylation is 1. The van der Waals surface area contributed by atoms with E-state index in [1.54, 1.807) is 0 Å². The molecular weight excluding hydrogens is 473 g/mol. The highest BCUT2D eigenvalue weighted by atomic mass is 31.1. The van der Waals surface area contributed by atoms with Gasteiger partial charge in [0.25, 0.3) is 0 Å². The summed E-state index contributed by atoms with van der Waals surface area (Å²) in [6.45, 7) is 4.88. The van der Waals surface area contributed by atoms with Crippen LogP contribution < -0.4 is 25.1 Å². The fourth-order valence-electron chi connectivity index (χ4n) is 4.24. The third kappa shape index (κ3) is 7.17. The minimum Gasteiger partial charge on any atom is -0.497 e. The van der Waals surface area contributed by atoms with E-state index in [9.17, 15) is 0 Å². The topological polar surface area (TPSA) is 9.23 Å². The monoisotopic (exact) mass is 512 g/mol. The Hall–Kier alpha value is -2.71. The Bertz CT molecular complexity index is 1200. The van der Waals surface area contributed by atoms with Crippen molar-refractivity contribution in [3.8, 4) is 5.75 Å². The van der Waals surface area contributed by atoms with Crippen LogP contribution in [0.25, 0.3) is 0 Å². The molecule has 0 aromatic heterocycles. The molecule has 0 N–H and O–H groups in total. The molecule has 0 radical (unpaired) electrons. The molecule has 4 rings (SSSR count). The first-order valence-electron chi connectivity index (χ1n) is 12.8. The lowest BCUT2D eigenvalue weighted by atomic mass is 10.2. The molecule has 186 valence electrons. The maximum absolute atomic E-state index is 6.30. The quantitative estimate of drug-likeness (QED) is 0.134. The van der Waals surface area contributed by atoms with E-state index in [-0.39, 0.29) is 0 Å². The molecule has 0 amide bonds. The molecule has 0 saturated carbocycles. The van der Waals surface area contributed by atoms with E-state index in [1.807, 2.05) is 0 Å². The first-order valence-corrected chi connectivity index (χ1v) is 17.5. The second-order valence-corrected chi connectivity index (χ2v) is 18.5. The molecule has 0 spiro atoms. The van der Waals surface area contributed by atoms with Crippen molar-refractivity contribution in [2.45, 2.75) is 25.6 Å². The molecule has 2 nitrogen and oxygen atoms in total. The Morgan fingerprint density at radius 1 is 0.667 bits per heavy atom. The van der Waals surface area contributed by atoms with E-state index in [0.29, 0.717) is 0 Å². The van der Waals surface area contributed by atoms with Gasteiger partial charge < -0.3 is 4.74 Å². The highest BCUT2D eigenvalue weighted by molar-refractivity contribution is 7.79. The van der Waals surface area contributed by atoms with Gasteiger partial charge in [0.15, 0.2) is 0 Å². The maximum Gasteiger partial charge on any atom is 0.135 e. The predicted octanol–water partition coefficient (Wildman–Crippen LogP) is 6.51. The Balaban J connectivity index is 1.40. The summed E-state index contributed by atoms with van der Waals surface area (Å²) >= 11 is 0. The third-order valence-corrected chi connectivity index (χ3v) is 11.5. The molecule has 0 atom stereocenters. The summed E-state index contributed by atoms with van der Waals surface area (Å²) in [4.78, 5) is 0. The minimum absolute atomic E-state index is 0.546. The Morgan fingerprint density at radius 2 is 1.22 bits per heavy atom. The summed E-state index contributed by atoms with van der Waals surface area (Å²) < 4.78 is 7.09. The fourth-order valence-corrected chi connectivity index (χ4v) is 8.19. The molecule has 0 fully saturated rings. The lowest BCUT2D eigenvalue weighted by molar-refractivity contribution is 0.374. The minimum atomic E-state index is -1.50. The van der Waals surface area contributed by atoms with Gasteiger partial charge in [-0.25, -0.2) is 0 Å². The number of benzene rings is 4. The number of rotatable bonds is 10. The SMILES string of the molecule is C[N+](C)(C)c1cccc(OC[Si](C)(C)CCc2ccc(P(c3ccccc3)c3ccccc3)cc2)c1. The summed E-state index contributed by atoms with van der Waals surface area (Å²) in [6, 6.07) is 41.0. The molecule has 0 bridgehead atoms. The van der Waals surface area contributed by atoms with Crippen LogP contribution >= 0.6 is 7.92 Å². The van der Waals surface area contributed by atoms with Crippen molar-refractivity contribution in [3.63, 3.8) is 0 Å². The van der Waals surface area contributed by atoms with Gasteiger partial charge in [-0.15, -0.1) is 0 Å². The predicted molar refractivity (Wildman–Crippen MR) is 163 cm³/mol. The van der Waals surface area contributed by atoms with Crippen LogP contribution in [0.15, 0.2) is 109 Å². The van der Waals surface area contributed by atoms with Crippen LogP contribution in [-0.2, 0) is 6.42 Å². The Labute approximate surface area is 219 Å². The maximum atomic E-state index is 6.30. The second kappa shape index (κ2) is 11.6. The van der Waals surface area contributed by atoms with Crippen LogP contribution in [0.4, 0.5) is 5.69 Å². The van der Waals surface area contributed by atoms with Crippen molar-refractivity contribution in [3.05, 3.63) is 115 Å². The van der Waals surface area contributed by atoms with Gasteiger partial charge in [0.2, 0.25) is 0 Å². The smallest absolute Gasteiger partial charge is 0.135 e. The fraction of sp³-hybridized carbons (Fsp3) is 0.250. The molecule has 0 aliphatic rings. The van der Waals surface area contributed by atoms with E-state index in [0.717, 1.165) is 22.9 Å². The molecule has 0 aliphatic heterocycles. The molecular formula is C32H39NOPSi+. The van der Waals surface area contributed by atoms with Crippen molar-refractivity contribution in [2.75, 3.05) is 27.4 Å². The van der Waals surface area contributed by atoms with Gasteiger partial charge in [-0.3, -0.25) is 4.48 Å². The zero-order valence-electron chi connectivity index (χ0n) is 22.3. The zero-order chi connectivity index (χ0) is 25.6. The van der Waals surface area contributed by atoms with Gasteiger partial charge in [-0.2, -0.15) is 0 Å². The molecule has 0 unspecified atom stereocenters. The summed E-state index contributed by atoms with van der Waals surface area (Å²) in [6.07, 6.45) is 1.95. The van der Waals surface area contributed by atoms with Crippen molar-refractivity contribution in [1.29, 1.82) is 0 Å². The van der Waals surface area contributed by atoms with Crippen LogP contribution in [0.2, 0.25) is 19.1 Å². The summed E-state index contributed by atoms with van der Waals surface area (Å²) in [5.41, 5.74) is 2.68. The molecule has 4 aromatic carbocycles. The van der Waals surface area contributed by atoms with Crippen molar-refractivity contribution in [2.24, 2.45) is 0 Å². The highest BCUT2D eigenvalue weighted by Gasteiger charge is 2.23. The van der Waals surface area contributed by atoms with Gasteiger partial charge in [0, 0.05) is 6.07 Å². The molecule has 0 aliphatic carbocycles. The number of hydrogen-bond acceptors (Lipinski definition) is 1. The van der Waals surface area contributed by atoms with Gasteiger partial charge in [-0.05, 0) is 48.0 Å². The van der Waals surface area contributed by atoms with E-state index >= 15 is 0 Å². The van der Waals surface area contributed by atoms with Crippen molar-refractivity contribution >= 4 is 37.6 Å². The third-order valence-electron chi connectivity index (χ3n) is 6.54. The van der Waals surface area contributed by atoms with Crippen LogP contribution in [0.1, 0.15) is 5.56 Å². The van der Waals surface area contributed by atoms with Gasteiger partial charge in [0.1, 0.15) is 11.4 Å². The largest absolute Gasteiger partial charge is 0.497 e. The second-order valence-electron chi connectivity index (χ2n) is 11.1. The van der Waals surface area contributed by atoms with Crippen LogP contribution in [0, 0.1) is 0 Å². The van der Waals surface area contributed by atoms with E-state index < -0.39 is 16.0 Å². The number of ether oxygens (including phenoxy) is 1. The molecule has 4 aromatic rings. The van der Waals surface area contributed by atoms with Crippen molar-refractivity contribution < 1.29 is 4.74 Å². The van der Waals surface area contributed by atoms with E-state index in [2.05, 4.69) is 143 Å². The number of quaternary nitrogens is 1. The number of nitrogens with zero attached hydrogens (tertiary/aromatic N) is 1. The standard InChI is InChI=1S/C32H39NOPSi/c1-33(2,3)28-13-12-14-29(25-28)34-26-36(4,5)24-23-27-19-21-32(22-20-27)35(30-15-8-6-9-16-30)31-17-10-7-11-18-31/h6-22,25H,23-24,26H2,1-5H3/q+1. The van der Waals surface area contributed by atoms with Gasteiger partial charge >= 0.3 is 0 Å². The average molecular weight is 513 g/mol. The molecule has 4 heteroatoms.